The molecule has 0 radical (unpaired) electrons. The number of hydrogen-bond donors (Lipinski definition) is 1. The Hall–Kier alpha value is -1.87. The van der Waals surface area contributed by atoms with Gasteiger partial charge in [0.2, 0.25) is 0 Å². The van der Waals surface area contributed by atoms with Crippen molar-refractivity contribution in [3.8, 4) is 0 Å². The average Bonchev–Trinajstić information content (AvgIpc) is 2.64. The zero-order valence-electron chi connectivity index (χ0n) is 9.36. The highest BCUT2D eigenvalue weighted by Crippen LogP contribution is 2.41. The van der Waals surface area contributed by atoms with E-state index in [1.54, 1.807) is 0 Å². The maximum Gasteiger partial charge on any atom is 0.0933 e. The second-order valence-electron chi connectivity index (χ2n) is 4.47. The van der Waals surface area contributed by atoms with Gasteiger partial charge in [0.15, 0.2) is 0 Å². The van der Waals surface area contributed by atoms with Crippen molar-refractivity contribution in [1.82, 2.24) is 4.98 Å². The van der Waals surface area contributed by atoms with Crippen LogP contribution in [0, 0.1) is 0 Å². The summed E-state index contributed by atoms with van der Waals surface area (Å²) < 4.78 is 0. The Morgan fingerprint density at radius 2 is 2.12 bits per heavy atom. The largest absolute Gasteiger partial charge is 0.272 e. The molecule has 1 aromatic carbocycles. The minimum absolute atomic E-state index is 0.623. The van der Waals surface area contributed by atoms with Gasteiger partial charge < -0.3 is 0 Å². The van der Waals surface area contributed by atoms with E-state index < -0.39 is 0 Å². The molecule has 1 aliphatic carbocycles. The maximum absolute atomic E-state index is 5.43. The topological polar surface area (TPSA) is 34.2 Å². The Kier molecular flexibility index (Phi) is 1.79. The number of fused-ring (bicyclic) bond motifs is 2. The number of allylic oxidation sites excluding steroid dienone is 1. The Balaban J connectivity index is 2.15. The van der Waals surface area contributed by atoms with Gasteiger partial charge in [-0.1, -0.05) is 24.3 Å². The van der Waals surface area contributed by atoms with Crippen molar-refractivity contribution in [2.24, 2.45) is 0 Å². The number of hydrogen-bond acceptors (Lipinski definition) is 3. The summed E-state index contributed by atoms with van der Waals surface area (Å²) in [6.45, 7) is 0.623. The molecule has 4 rings (SSSR count). The zero-order chi connectivity index (χ0) is 11.2. The first-order valence-corrected chi connectivity index (χ1v) is 5.92. The first-order valence-electron chi connectivity index (χ1n) is 5.92. The van der Waals surface area contributed by atoms with Crippen LogP contribution in [0.1, 0.15) is 17.7 Å². The van der Waals surface area contributed by atoms with E-state index in [4.69, 9.17) is 9.82 Å². The van der Waals surface area contributed by atoms with Crippen molar-refractivity contribution >= 4 is 22.2 Å². The molecular formula is C14H12N2O. The van der Waals surface area contributed by atoms with Crippen LogP contribution in [0.4, 0.5) is 5.69 Å². The molecule has 84 valence electrons. The lowest BCUT2D eigenvalue weighted by Crippen LogP contribution is -2.03. The molecule has 0 unspecified atom stereocenters. The Morgan fingerprint density at radius 3 is 3.12 bits per heavy atom. The van der Waals surface area contributed by atoms with E-state index in [1.807, 2.05) is 12.1 Å². The van der Waals surface area contributed by atoms with Crippen LogP contribution in [-0.4, -0.2) is 11.6 Å². The first-order chi connectivity index (χ1) is 8.43. The van der Waals surface area contributed by atoms with Crippen molar-refractivity contribution in [2.75, 3.05) is 12.1 Å². The van der Waals surface area contributed by atoms with Gasteiger partial charge in [-0.3, -0.25) is 15.3 Å². The Morgan fingerprint density at radius 1 is 1.18 bits per heavy atom. The van der Waals surface area contributed by atoms with E-state index in [9.17, 15) is 0 Å². The minimum atomic E-state index is 0.623. The molecule has 1 aliphatic heterocycles. The molecule has 17 heavy (non-hydrogen) atoms. The molecule has 0 fully saturated rings. The monoisotopic (exact) mass is 224 g/mol. The smallest absolute Gasteiger partial charge is 0.0933 e. The number of aryl methyl sites for hydroxylation is 1. The van der Waals surface area contributed by atoms with Gasteiger partial charge in [0.1, 0.15) is 0 Å². The third-order valence-electron chi connectivity index (χ3n) is 3.51. The number of pyridine rings is 1. The molecule has 0 atom stereocenters. The number of nitrogens with zero attached hydrogens (tertiary/aromatic N) is 1. The molecule has 2 heterocycles. The fourth-order valence-electron chi connectivity index (χ4n) is 2.73. The number of aromatic nitrogens is 1. The highest BCUT2D eigenvalue weighted by Gasteiger charge is 2.24. The SMILES string of the molecule is C1=C2CCc3nc4ccccc4c(c32)NOC1. The Labute approximate surface area is 99.1 Å². The van der Waals surface area contributed by atoms with E-state index in [0.717, 1.165) is 29.4 Å². The standard InChI is InChI=1S/C14H12N2O/c1-2-4-11-10(3-1)14-13-9(7-8-17-16-14)5-6-12(13)15-11/h1-4,7,16H,5-6,8H2. The number of rotatable bonds is 0. The van der Waals surface area contributed by atoms with Gasteiger partial charge in [-0.25, -0.2) is 0 Å². The summed E-state index contributed by atoms with van der Waals surface area (Å²) in [6, 6.07) is 8.21. The fraction of sp³-hybridized carbons (Fsp3) is 0.214. The Bertz CT molecular complexity index is 646. The van der Waals surface area contributed by atoms with Crippen LogP contribution in [0.2, 0.25) is 0 Å². The van der Waals surface area contributed by atoms with Crippen LogP contribution >= 0.6 is 0 Å². The van der Waals surface area contributed by atoms with Gasteiger partial charge in [-0.15, -0.1) is 0 Å². The summed E-state index contributed by atoms with van der Waals surface area (Å²) in [6.07, 6.45) is 4.28. The molecule has 2 aromatic rings. The molecule has 0 saturated heterocycles. The summed E-state index contributed by atoms with van der Waals surface area (Å²) in [4.78, 5) is 10.2. The van der Waals surface area contributed by atoms with E-state index in [-0.39, 0.29) is 0 Å². The van der Waals surface area contributed by atoms with Crippen molar-refractivity contribution in [1.29, 1.82) is 0 Å². The van der Waals surface area contributed by atoms with Gasteiger partial charge in [-0.2, -0.15) is 0 Å². The number of benzene rings is 1. The average molecular weight is 224 g/mol. The molecule has 3 heteroatoms. The highest BCUT2D eigenvalue weighted by molar-refractivity contribution is 5.99. The number of anilines is 1. The lowest BCUT2D eigenvalue weighted by molar-refractivity contribution is 0.230. The minimum Gasteiger partial charge on any atom is -0.272 e. The second kappa shape index (κ2) is 3.31. The molecule has 0 amide bonds. The molecule has 1 aromatic heterocycles. The van der Waals surface area contributed by atoms with Gasteiger partial charge in [0.05, 0.1) is 23.5 Å². The molecular weight excluding hydrogens is 212 g/mol. The molecule has 1 N–H and O–H groups in total. The molecule has 0 bridgehead atoms. The second-order valence-corrected chi connectivity index (χ2v) is 4.47. The number of para-hydroxylation sites is 1. The van der Waals surface area contributed by atoms with Crippen molar-refractivity contribution in [2.45, 2.75) is 12.8 Å². The molecule has 0 spiro atoms. The van der Waals surface area contributed by atoms with Crippen LogP contribution < -0.4 is 5.48 Å². The summed E-state index contributed by atoms with van der Waals surface area (Å²) >= 11 is 0. The summed E-state index contributed by atoms with van der Waals surface area (Å²) in [5, 5.41) is 1.14. The van der Waals surface area contributed by atoms with Crippen LogP contribution in [0.25, 0.3) is 16.5 Å². The van der Waals surface area contributed by atoms with E-state index >= 15 is 0 Å². The van der Waals surface area contributed by atoms with Crippen LogP contribution in [-0.2, 0) is 11.3 Å². The first kappa shape index (κ1) is 9.19. The van der Waals surface area contributed by atoms with E-state index in [2.05, 4.69) is 23.7 Å². The predicted octanol–water partition coefficient (Wildman–Crippen LogP) is 2.92. The summed E-state index contributed by atoms with van der Waals surface area (Å²) in [5.41, 5.74) is 9.05. The fourth-order valence-corrected chi connectivity index (χ4v) is 2.73. The van der Waals surface area contributed by atoms with Gasteiger partial charge in [0.25, 0.3) is 0 Å². The number of nitrogens with one attached hydrogen (secondary N) is 1. The van der Waals surface area contributed by atoms with Gasteiger partial charge >= 0.3 is 0 Å². The molecule has 3 nitrogen and oxygen atoms in total. The summed E-state index contributed by atoms with van der Waals surface area (Å²) in [5.74, 6) is 0. The van der Waals surface area contributed by atoms with Crippen LogP contribution in [0.15, 0.2) is 30.3 Å². The van der Waals surface area contributed by atoms with Gasteiger partial charge in [-0.05, 0) is 24.5 Å². The van der Waals surface area contributed by atoms with Crippen molar-refractivity contribution < 1.29 is 4.84 Å². The quantitative estimate of drug-likeness (QED) is 0.747. The zero-order valence-corrected chi connectivity index (χ0v) is 9.36. The van der Waals surface area contributed by atoms with Crippen molar-refractivity contribution in [3.05, 3.63) is 41.6 Å². The van der Waals surface area contributed by atoms with Crippen LogP contribution in [0.5, 0.6) is 0 Å². The predicted molar refractivity (Wildman–Crippen MR) is 67.6 cm³/mol. The van der Waals surface area contributed by atoms with Gasteiger partial charge in [0, 0.05) is 10.9 Å². The third-order valence-corrected chi connectivity index (χ3v) is 3.51. The normalized spacial score (nSPS) is 17.3. The summed E-state index contributed by atoms with van der Waals surface area (Å²) in [7, 11) is 0. The third kappa shape index (κ3) is 1.23. The lowest BCUT2D eigenvalue weighted by atomic mass is 10.0. The molecule has 0 saturated carbocycles. The van der Waals surface area contributed by atoms with E-state index in [0.29, 0.717) is 6.61 Å². The maximum atomic E-state index is 5.43. The highest BCUT2D eigenvalue weighted by atomic mass is 16.6. The van der Waals surface area contributed by atoms with Crippen LogP contribution in [0.3, 0.4) is 0 Å². The molecule has 2 aliphatic rings. The van der Waals surface area contributed by atoms with Crippen molar-refractivity contribution in [3.63, 3.8) is 0 Å². The lowest BCUT2D eigenvalue weighted by Gasteiger charge is -2.11. The van der Waals surface area contributed by atoms with E-state index in [1.165, 1.54) is 16.8 Å².